The monoisotopic (exact) mass is 534 g/mol. The highest BCUT2D eigenvalue weighted by Gasteiger charge is 2.21. The number of aromatic amines is 1. The summed E-state index contributed by atoms with van der Waals surface area (Å²) >= 11 is 0. The molecule has 13 nitrogen and oxygen atoms in total. The lowest BCUT2D eigenvalue weighted by atomic mass is 10.00. The summed E-state index contributed by atoms with van der Waals surface area (Å²) in [6.07, 6.45) is 2.20. The second kappa shape index (κ2) is 15.4. The maximum absolute atomic E-state index is 13.0. The fourth-order valence-corrected chi connectivity index (χ4v) is 3.80. The minimum atomic E-state index is -0.774. The summed E-state index contributed by atoms with van der Waals surface area (Å²) in [7, 11) is 0. The van der Waals surface area contributed by atoms with E-state index in [0.29, 0.717) is 32.4 Å². The predicted molar refractivity (Wildman–Crippen MR) is 146 cm³/mol. The number of nitrogens with zero attached hydrogens (tertiary/aromatic N) is 3. The van der Waals surface area contributed by atoms with Gasteiger partial charge in [-0.05, 0) is 46.4 Å². The molecule has 0 unspecified atom stereocenters. The number of anilines is 1. The third-order valence-corrected chi connectivity index (χ3v) is 5.78. The van der Waals surface area contributed by atoms with Crippen LogP contribution in [-0.4, -0.2) is 63.4 Å². The Labute approximate surface area is 226 Å². The zero-order valence-corrected chi connectivity index (χ0v) is 21.6. The number of nitrogens with two attached hydrogens (primary N) is 1. The first-order chi connectivity index (χ1) is 18.9. The molecule has 0 saturated heterocycles. The lowest BCUT2D eigenvalue weighted by Gasteiger charge is -2.19. The van der Waals surface area contributed by atoms with Gasteiger partial charge in [0.1, 0.15) is 6.04 Å². The van der Waals surface area contributed by atoms with Crippen molar-refractivity contribution in [2.24, 2.45) is 5.73 Å². The van der Waals surface area contributed by atoms with E-state index < -0.39 is 6.04 Å². The first-order valence-electron chi connectivity index (χ1n) is 12.7. The van der Waals surface area contributed by atoms with E-state index in [1.54, 1.807) is 0 Å². The summed E-state index contributed by atoms with van der Waals surface area (Å²) in [6, 6.07) is 17.1. The molecule has 13 heteroatoms. The van der Waals surface area contributed by atoms with Gasteiger partial charge < -0.3 is 21.7 Å². The van der Waals surface area contributed by atoms with Crippen molar-refractivity contribution in [3.8, 4) is 11.1 Å². The number of carbonyl (C=O) groups excluding carboxylic acids is 3. The maximum Gasteiger partial charge on any atom is 0.246 e. The highest BCUT2D eigenvalue weighted by atomic mass is 16.2. The van der Waals surface area contributed by atoms with Gasteiger partial charge in [0, 0.05) is 32.4 Å². The Balaban J connectivity index is 1.53. The summed E-state index contributed by atoms with van der Waals surface area (Å²) in [5, 5.41) is 30.9. The smallest absolute Gasteiger partial charge is 0.246 e. The average molecular weight is 535 g/mol. The number of nitrogens with one attached hydrogen (secondary N) is 6. The molecule has 8 N–H and O–H groups in total. The molecule has 1 atom stereocenters. The summed E-state index contributed by atoms with van der Waals surface area (Å²) < 4.78 is 0. The Morgan fingerprint density at radius 3 is 2.21 bits per heavy atom. The van der Waals surface area contributed by atoms with Gasteiger partial charge in [0.25, 0.3) is 0 Å². The number of tetrazole rings is 1. The number of benzene rings is 2. The number of aromatic nitrogens is 4. The molecular formula is C26H34N10O3. The minimum Gasteiger partial charge on any atom is -0.370 e. The van der Waals surface area contributed by atoms with Crippen LogP contribution in [0.3, 0.4) is 0 Å². The number of H-pyrrole nitrogens is 1. The number of amides is 3. The van der Waals surface area contributed by atoms with Crippen LogP contribution >= 0.6 is 0 Å². The van der Waals surface area contributed by atoms with Crippen molar-refractivity contribution in [2.45, 2.75) is 44.6 Å². The van der Waals surface area contributed by atoms with Gasteiger partial charge in [-0.1, -0.05) is 59.7 Å². The number of rotatable bonds is 15. The van der Waals surface area contributed by atoms with Crippen molar-refractivity contribution in [3.05, 3.63) is 60.2 Å². The van der Waals surface area contributed by atoms with Crippen LogP contribution in [0.4, 0.5) is 5.95 Å². The molecule has 0 radical (unpaired) electrons. The van der Waals surface area contributed by atoms with Gasteiger partial charge in [-0.15, -0.1) is 0 Å². The van der Waals surface area contributed by atoms with Crippen LogP contribution in [0.1, 0.15) is 37.7 Å². The van der Waals surface area contributed by atoms with Crippen LogP contribution in [0.15, 0.2) is 54.6 Å². The Bertz CT molecular complexity index is 1200. The Kier molecular flexibility index (Phi) is 11.4. The van der Waals surface area contributed by atoms with Crippen LogP contribution < -0.4 is 27.0 Å². The first-order valence-corrected chi connectivity index (χ1v) is 12.7. The van der Waals surface area contributed by atoms with Crippen molar-refractivity contribution >= 4 is 29.6 Å². The van der Waals surface area contributed by atoms with Gasteiger partial charge in [-0.3, -0.25) is 25.1 Å². The summed E-state index contributed by atoms with van der Waals surface area (Å²) in [4.78, 5) is 37.6. The van der Waals surface area contributed by atoms with Gasteiger partial charge in [0.2, 0.25) is 23.7 Å². The third-order valence-electron chi connectivity index (χ3n) is 5.78. The fraction of sp³-hybridized carbons (Fsp3) is 0.346. The normalized spacial score (nSPS) is 11.3. The van der Waals surface area contributed by atoms with Gasteiger partial charge >= 0.3 is 0 Å². The van der Waals surface area contributed by atoms with E-state index >= 15 is 0 Å². The lowest BCUT2D eigenvalue weighted by Crippen LogP contribution is -2.48. The lowest BCUT2D eigenvalue weighted by molar-refractivity contribution is -0.129. The van der Waals surface area contributed by atoms with Crippen LogP contribution in [-0.2, 0) is 20.8 Å². The van der Waals surface area contributed by atoms with Crippen molar-refractivity contribution in [3.63, 3.8) is 0 Å². The molecule has 0 aliphatic carbocycles. The fourth-order valence-electron chi connectivity index (χ4n) is 3.80. The third kappa shape index (κ3) is 10.6. The quantitative estimate of drug-likeness (QED) is 0.0851. The maximum atomic E-state index is 13.0. The molecule has 1 heterocycles. The van der Waals surface area contributed by atoms with Gasteiger partial charge in [0.15, 0.2) is 5.96 Å². The number of hydrogen-bond acceptors (Lipinski definition) is 7. The van der Waals surface area contributed by atoms with Crippen LogP contribution in [0.5, 0.6) is 0 Å². The number of carbonyl (C=O) groups is 3. The molecule has 0 bridgehead atoms. The molecule has 0 spiro atoms. The van der Waals surface area contributed by atoms with Crippen molar-refractivity contribution in [1.29, 1.82) is 5.41 Å². The van der Waals surface area contributed by atoms with E-state index in [4.69, 9.17) is 11.1 Å². The van der Waals surface area contributed by atoms with E-state index in [9.17, 15) is 14.4 Å². The molecule has 0 saturated carbocycles. The van der Waals surface area contributed by atoms with Crippen molar-refractivity contribution < 1.29 is 14.4 Å². The SMILES string of the molecule is N=C(N)NCCCCNC(=O)[C@H](Cc1ccc(-c2ccccc2)cc1)NC(=O)CCCC(=O)Nc1nnn[nH]1. The van der Waals surface area contributed by atoms with Crippen LogP contribution in [0, 0.1) is 5.41 Å². The molecule has 0 aliphatic rings. The Hall–Kier alpha value is -4.81. The largest absolute Gasteiger partial charge is 0.370 e. The van der Waals surface area contributed by atoms with Gasteiger partial charge in [0.05, 0.1) is 0 Å². The number of unbranched alkanes of at least 4 members (excludes halogenated alkanes) is 1. The highest BCUT2D eigenvalue weighted by Crippen LogP contribution is 2.20. The Morgan fingerprint density at radius 2 is 1.54 bits per heavy atom. The number of guanidine groups is 1. The average Bonchev–Trinajstić information content (AvgIpc) is 3.44. The zero-order valence-electron chi connectivity index (χ0n) is 21.6. The molecule has 3 rings (SSSR count). The van der Waals surface area contributed by atoms with E-state index in [1.165, 1.54) is 0 Å². The topological polar surface area (TPSA) is 204 Å². The van der Waals surface area contributed by atoms with E-state index in [2.05, 4.69) is 41.9 Å². The van der Waals surface area contributed by atoms with Crippen LogP contribution in [0.25, 0.3) is 11.1 Å². The van der Waals surface area contributed by atoms with Crippen molar-refractivity contribution in [1.82, 2.24) is 36.6 Å². The predicted octanol–water partition coefficient (Wildman–Crippen LogP) is 1.08. The van der Waals surface area contributed by atoms with Crippen LogP contribution in [0.2, 0.25) is 0 Å². The zero-order chi connectivity index (χ0) is 27.9. The molecule has 39 heavy (non-hydrogen) atoms. The van der Waals surface area contributed by atoms with Gasteiger partial charge in [-0.25, -0.2) is 5.10 Å². The second-order valence-corrected chi connectivity index (χ2v) is 8.88. The summed E-state index contributed by atoms with van der Waals surface area (Å²) in [5.41, 5.74) is 8.32. The molecule has 0 aliphatic heterocycles. The molecule has 0 fully saturated rings. The highest BCUT2D eigenvalue weighted by molar-refractivity contribution is 5.90. The molecule has 1 aromatic heterocycles. The Morgan fingerprint density at radius 1 is 0.872 bits per heavy atom. The second-order valence-electron chi connectivity index (χ2n) is 8.88. The van der Waals surface area contributed by atoms with E-state index in [0.717, 1.165) is 23.1 Å². The minimum absolute atomic E-state index is 0.0789. The van der Waals surface area contributed by atoms with Gasteiger partial charge in [-0.2, -0.15) is 0 Å². The molecule has 3 amide bonds. The molecule has 206 valence electrons. The number of hydrogen-bond donors (Lipinski definition) is 7. The molecule has 3 aromatic rings. The van der Waals surface area contributed by atoms with E-state index in [-0.39, 0.29) is 42.5 Å². The summed E-state index contributed by atoms with van der Waals surface area (Å²) in [6.45, 7) is 0.966. The standard InChI is InChI=1S/C26H34N10O3/c27-25(28)30-16-5-4-15-29-24(39)21(17-18-11-13-20(14-12-18)19-7-2-1-3-8-19)31-22(37)9-6-10-23(38)32-26-33-35-36-34-26/h1-3,7-8,11-14,21H,4-6,9-10,15-17H2,(H,29,39)(H,31,37)(H4,27,28,30)(H2,32,33,34,35,36,38)/t21-/m0/s1. The van der Waals surface area contributed by atoms with Crippen molar-refractivity contribution in [2.75, 3.05) is 18.4 Å². The molecule has 2 aromatic carbocycles. The van der Waals surface area contributed by atoms with E-state index in [1.807, 2.05) is 54.6 Å². The molecular weight excluding hydrogens is 500 g/mol. The first kappa shape index (κ1) is 28.8. The summed E-state index contributed by atoms with van der Waals surface area (Å²) in [5.74, 6) is -0.890.